The predicted molar refractivity (Wildman–Crippen MR) is 67.6 cm³/mol. The molecule has 5 heteroatoms. The predicted octanol–water partition coefficient (Wildman–Crippen LogP) is 2.61. The normalized spacial score (nSPS) is 11.9. The Labute approximate surface area is 109 Å². The summed E-state index contributed by atoms with van der Waals surface area (Å²) < 4.78 is 15.1. The van der Waals surface area contributed by atoms with E-state index in [0.29, 0.717) is 17.9 Å². The lowest BCUT2D eigenvalue weighted by atomic mass is 10.2. The smallest absolute Gasteiger partial charge is 0.337 e. The first kappa shape index (κ1) is 14.0. The van der Waals surface area contributed by atoms with Crippen molar-refractivity contribution in [3.8, 4) is 5.75 Å². The fraction of sp³-hybridized carbons (Fsp3) is 0.417. The Hall–Kier alpha value is -1.07. The topological polar surface area (TPSA) is 44.8 Å². The van der Waals surface area contributed by atoms with E-state index in [9.17, 15) is 4.79 Å². The minimum atomic E-state index is -0.355. The van der Waals surface area contributed by atoms with Crippen LogP contribution in [0.4, 0.5) is 0 Å². The summed E-state index contributed by atoms with van der Waals surface area (Å²) in [7, 11) is 3.00. The first-order valence-electron chi connectivity index (χ1n) is 5.15. The zero-order valence-corrected chi connectivity index (χ0v) is 11.4. The van der Waals surface area contributed by atoms with Crippen molar-refractivity contribution in [1.82, 2.24) is 0 Å². The number of methoxy groups -OCH3 is 2. The number of benzene rings is 1. The lowest BCUT2D eigenvalue weighted by Gasteiger charge is -2.12. The van der Waals surface area contributed by atoms with Gasteiger partial charge in [-0.1, -0.05) is 0 Å². The average molecular weight is 303 g/mol. The second-order valence-electron chi connectivity index (χ2n) is 3.33. The van der Waals surface area contributed by atoms with Crippen LogP contribution in [-0.2, 0) is 9.47 Å². The van der Waals surface area contributed by atoms with E-state index in [1.807, 2.05) is 0 Å². The van der Waals surface area contributed by atoms with E-state index in [1.165, 1.54) is 7.11 Å². The summed E-state index contributed by atoms with van der Waals surface area (Å²) in [4.78, 5) is 11.2. The van der Waals surface area contributed by atoms with E-state index in [4.69, 9.17) is 9.47 Å². The van der Waals surface area contributed by atoms with E-state index >= 15 is 0 Å². The molecule has 0 bridgehead atoms. The van der Waals surface area contributed by atoms with E-state index in [2.05, 4.69) is 20.7 Å². The molecular formula is C12H15BrO4. The van der Waals surface area contributed by atoms with Crippen LogP contribution in [0.2, 0.25) is 0 Å². The zero-order chi connectivity index (χ0) is 12.7. The second kappa shape index (κ2) is 7.29. The summed E-state index contributed by atoms with van der Waals surface area (Å²) in [6.07, 6.45) is 0.745. The molecule has 0 aromatic heterocycles. The van der Waals surface area contributed by atoms with Crippen molar-refractivity contribution >= 4 is 21.9 Å². The Kier molecular flexibility index (Phi) is 6.00. The third kappa shape index (κ3) is 4.75. The van der Waals surface area contributed by atoms with Crippen LogP contribution < -0.4 is 4.74 Å². The Morgan fingerprint density at radius 2 is 1.94 bits per heavy atom. The molecule has 1 unspecified atom stereocenters. The number of ether oxygens (including phenoxy) is 3. The van der Waals surface area contributed by atoms with Crippen molar-refractivity contribution in [3.05, 3.63) is 29.8 Å². The molecule has 94 valence electrons. The number of carbonyl (C=O) groups is 1. The quantitative estimate of drug-likeness (QED) is 0.598. The van der Waals surface area contributed by atoms with Crippen molar-refractivity contribution in [2.75, 3.05) is 20.8 Å². The van der Waals surface area contributed by atoms with E-state index < -0.39 is 0 Å². The Bertz CT molecular complexity index is 350. The summed E-state index contributed by atoms with van der Waals surface area (Å²) in [5.74, 6) is 0.335. The fourth-order valence-electron chi connectivity index (χ4n) is 1.20. The van der Waals surface area contributed by atoms with Crippen molar-refractivity contribution in [2.24, 2.45) is 0 Å². The summed E-state index contributed by atoms with van der Waals surface area (Å²) >= 11 is 3.38. The van der Waals surface area contributed by atoms with Crippen LogP contribution in [0.25, 0.3) is 0 Å². The highest BCUT2D eigenvalue weighted by Crippen LogP contribution is 2.18. The molecule has 0 radical (unpaired) electrons. The molecule has 0 saturated heterocycles. The van der Waals surface area contributed by atoms with E-state index in [-0.39, 0.29) is 11.0 Å². The van der Waals surface area contributed by atoms with Crippen molar-refractivity contribution in [1.29, 1.82) is 0 Å². The van der Waals surface area contributed by atoms with Gasteiger partial charge in [0.2, 0.25) is 0 Å². The fourth-order valence-corrected chi connectivity index (χ4v) is 1.61. The summed E-state index contributed by atoms with van der Waals surface area (Å²) in [5.41, 5.74) is 0.503. The minimum Gasteiger partial charge on any atom is -0.479 e. The molecule has 17 heavy (non-hydrogen) atoms. The zero-order valence-electron chi connectivity index (χ0n) is 9.81. The van der Waals surface area contributed by atoms with Gasteiger partial charge in [-0.25, -0.2) is 4.79 Å². The van der Waals surface area contributed by atoms with Crippen LogP contribution in [0.5, 0.6) is 5.75 Å². The molecule has 0 N–H and O–H groups in total. The maximum absolute atomic E-state index is 11.2. The van der Waals surface area contributed by atoms with Crippen molar-refractivity contribution in [2.45, 2.75) is 11.4 Å². The highest BCUT2D eigenvalue weighted by molar-refractivity contribution is 9.09. The lowest BCUT2D eigenvalue weighted by Crippen LogP contribution is -2.11. The standard InChI is InChI=1S/C12H15BrO4/c1-15-8-7-11(13)17-10-5-3-9(4-6-10)12(14)16-2/h3-6,11H,7-8H2,1-2H3. The van der Waals surface area contributed by atoms with Crippen LogP contribution >= 0.6 is 15.9 Å². The third-order valence-electron chi connectivity index (χ3n) is 2.09. The summed E-state index contributed by atoms with van der Waals surface area (Å²) in [6, 6.07) is 6.79. The van der Waals surface area contributed by atoms with Gasteiger partial charge in [0, 0.05) is 13.5 Å². The van der Waals surface area contributed by atoms with Gasteiger partial charge in [-0.15, -0.1) is 0 Å². The van der Waals surface area contributed by atoms with Gasteiger partial charge in [-0.3, -0.25) is 0 Å². The average Bonchev–Trinajstić information content (AvgIpc) is 2.36. The van der Waals surface area contributed by atoms with E-state index in [1.54, 1.807) is 31.4 Å². The number of hydrogen-bond donors (Lipinski definition) is 0. The van der Waals surface area contributed by atoms with Crippen LogP contribution in [0.3, 0.4) is 0 Å². The first-order valence-corrected chi connectivity index (χ1v) is 6.07. The molecule has 0 heterocycles. The molecule has 1 aromatic carbocycles. The molecule has 1 aromatic rings. The van der Waals surface area contributed by atoms with Gasteiger partial charge in [0.25, 0.3) is 0 Å². The monoisotopic (exact) mass is 302 g/mol. The SMILES string of the molecule is COCCC(Br)Oc1ccc(C(=O)OC)cc1. The Balaban J connectivity index is 2.53. The number of rotatable bonds is 6. The van der Waals surface area contributed by atoms with Crippen molar-refractivity contribution < 1.29 is 19.0 Å². The molecule has 1 rings (SSSR count). The van der Waals surface area contributed by atoms with Crippen LogP contribution in [-0.4, -0.2) is 31.8 Å². The van der Waals surface area contributed by atoms with Gasteiger partial charge in [-0.05, 0) is 40.2 Å². The van der Waals surface area contributed by atoms with Crippen LogP contribution in [0, 0.1) is 0 Å². The molecule has 0 aliphatic carbocycles. The van der Waals surface area contributed by atoms with E-state index in [0.717, 1.165) is 6.42 Å². The third-order valence-corrected chi connectivity index (χ3v) is 2.73. The first-order chi connectivity index (χ1) is 8.17. The lowest BCUT2D eigenvalue weighted by molar-refractivity contribution is 0.0600. The highest BCUT2D eigenvalue weighted by atomic mass is 79.9. The molecule has 4 nitrogen and oxygen atoms in total. The molecule has 0 aliphatic heterocycles. The number of esters is 1. The molecule has 0 fully saturated rings. The molecule has 0 saturated carbocycles. The summed E-state index contributed by atoms with van der Waals surface area (Å²) in [6.45, 7) is 0.621. The number of hydrogen-bond acceptors (Lipinski definition) is 4. The van der Waals surface area contributed by atoms with Crippen molar-refractivity contribution in [3.63, 3.8) is 0 Å². The maximum atomic E-state index is 11.2. The minimum absolute atomic E-state index is 0.105. The highest BCUT2D eigenvalue weighted by Gasteiger charge is 2.08. The Morgan fingerprint density at radius 1 is 1.29 bits per heavy atom. The van der Waals surface area contributed by atoms with Gasteiger partial charge < -0.3 is 14.2 Å². The van der Waals surface area contributed by atoms with Gasteiger partial charge in [0.05, 0.1) is 19.3 Å². The summed E-state index contributed by atoms with van der Waals surface area (Å²) in [5, 5.41) is -0.105. The van der Waals surface area contributed by atoms with Gasteiger partial charge >= 0.3 is 5.97 Å². The van der Waals surface area contributed by atoms with Gasteiger partial charge in [0.1, 0.15) is 5.75 Å². The molecule has 0 amide bonds. The van der Waals surface area contributed by atoms with Crippen LogP contribution in [0.1, 0.15) is 16.8 Å². The molecule has 1 atom stereocenters. The molecule has 0 spiro atoms. The number of halogens is 1. The number of alkyl halides is 1. The largest absolute Gasteiger partial charge is 0.479 e. The maximum Gasteiger partial charge on any atom is 0.337 e. The Morgan fingerprint density at radius 3 is 2.47 bits per heavy atom. The number of carbonyl (C=O) groups excluding carboxylic acids is 1. The van der Waals surface area contributed by atoms with Gasteiger partial charge in [0.15, 0.2) is 5.01 Å². The van der Waals surface area contributed by atoms with Crippen LogP contribution in [0.15, 0.2) is 24.3 Å². The second-order valence-corrected chi connectivity index (χ2v) is 4.35. The molecule has 0 aliphatic rings. The molecular weight excluding hydrogens is 288 g/mol. The van der Waals surface area contributed by atoms with Gasteiger partial charge in [-0.2, -0.15) is 0 Å².